The van der Waals surface area contributed by atoms with Gasteiger partial charge in [0.15, 0.2) is 0 Å². The lowest BCUT2D eigenvalue weighted by Gasteiger charge is -2.21. The predicted octanol–water partition coefficient (Wildman–Crippen LogP) is 3.07. The number of hydrogen-bond acceptors (Lipinski definition) is 2. The average Bonchev–Trinajstić information content (AvgIpc) is 3.01. The van der Waals surface area contributed by atoms with Crippen molar-refractivity contribution in [2.45, 2.75) is 20.0 Å². The third kappa shape index (κ3) is 3.51. The Morgan fingerprint density at radius 3 is 2.74 bits per heavy atom. The van der Waals surface area contributed by atoms with Crippen LogP contribution in [0.5, 0.6) is 0 Å². The largest absolute Gasteiger partial charge is 0.334 e. The average molecular weight is 308 g/mol. The fourth-order valence-corrected chi connectivity index (χ4v) is 2.51. The summed E-state index contributed by atoms with van der Waals surface area (Å²) in [6.45, 7) is 3.68. The van der Waals surface area contributed by atoms with Gasteiger partial charge in [-0.1, -0.05) is 36.4 Å². The van der Waals surface area contributed by atoms with Crippen LogP contribution < -0.4 is 5.32 Å². The van der Waals surface area contributed by atoms with E-state index in [1.807, 2.05) is 72.2 Å². The molecule has 0 bridgehead atoms. The van der Waals surface area contributed by atoms with Crippen molar-refractivity contribution in [3.05, 3.63) is 72.2 Å². The molecule has 5 heteroatoms. The molecular formula is C18H20N4O. The number of nitrogens with zero attached hydrogens (tertiary/aromatic N) is 3. The monoisotopic (exact) mass is 308 g/mol. The first kappa shape index (κ1) is 15.1. The maximum Gasteiger partial charge on any atom is 0.318 e. The van der Waals surface area contributed by atoms with Gasteiger partial charge in [0.2, 0.25) is 0 Å². The molecule has 0 aliphatic carbocycles. The molecule has 0 saturated heterocycles. The van der Waals surface area contributed by atoms with E-state index in [0.717, 1.165) is 16.9 Å². The molecule has 0 fully saturated rings. The zero-order valence-corrected chi connectivity index (χ0v) is 13.1. The first-order valence-electron chi connectivity index (χ1n) is 7.75. The summed E-state index contributed by atoms with van der Waals surface area (Å²) in [7, 11) is 0. The van der Waals surface area contributed by atoms with Gasteiger partial charge in [0.05, 0.1) is 18.4 Å². The Morgan fingerprint density at radius 1 is 1.17 bits per heavy atom. The van der Waals surface area contributed by atoms with E-state index in [9.17, 15) is 4.79 Å². The van der Waals surface area contributed by atoms with E-state index < -0.39 is 0 Å². The van der Waals surface area contributed by atoms with Crippen molar-refractivity contribution in [3.63, 3.8) is 0 Å². The number of pyridine rings is 1. The summed E-state index contributed by atoms with van der Waals surface area (Å²) in [6, 6.07) is 15.7. The molecule has 2 aromatic heterocycles. The molecular weight excluding hydrogens is 288 g/mol. The molecule has 5 nitrogen and oxygen atoms in total. The van der Waals surface area contributed by atoms with E-state index in [4.69, 9.17) is 0 Å². The Balaban J connectivity index is 1.66. The molecule has 0 atom stereocenters. The number of rotatable bonds is 5. The zero-order valence-electron chi connectivity index (χ0n) is 13.1. The third-order valence-corrected chi connectivity index (χ3v) is 3.80. The highest BCUT2D eigenvalue weighted by atomic mass is 16.2. The minimum absolute atomic E-state index is 0.0674. The zero-order chi connectivity index (χ0) is 16.1. The van der Waals surface area contributed by atoms with Crippen LogP contribution in [0.3, 0.4) is 0 Å². The molecule has 3 aromatic rings. The molecule has 0 unspecified atom stereocenters. The van der Waals surface area contributed by atoms with Gasteiger partial charge in [-0.2, -0.15) is 0 Å². The van der Waals surface area contributed by atoms with Crippen molar-refractivity contribution in [3.8, 4) is 0 Å². The number of carbonyl (C=O) groups is 1. The standard InChI is InChI=1S/C18H20N4O/c1-2-21(18(23)20-12-15-8-4-3-5-9-15)14-16-13-19-17-10-6-7-11-22(16)17/h3-11,13H,2,12,14H2,1H3,(H,20,23). The molecule has 0 saturated carbocycles. The number of benzene rings is 1. The van der Waals surface area contributed by atoms with Crippen LogP contribution in [0.4, 0.5) is 4.79 Å². The van der Waals surface area contributed by atoms with E-state index in [2.05, 4.69) is 10.3 Å². The molecule has 23 heavy (non-hydrogen) atoms. The molecule has 2 amide bonds. The van der Waals surface area contributed by atoms with Gasteiger partial charge in [-0.15, -0.1) is 0 Å². The number of hydrogen-bond donors (Lipinski definition) is 1. The van der Waals surface area contributed by atoms with Crippen molar-refractivity contribution in [2.75, 3.05) is 6.54 Å². The number of amides is 2. The van der Waals surface area contributed by atoms with Gasteiger partial charge in [0.1, 0.15) is 5.65 Å². The quantitative estimate of drug-likeness (QED) is 0.787. The third-order valence-electron chi connectivity index (χ3n) is 3.80. The lowest BCUT2D eigenvalue weighted by atomic mass is 10.2. The fraction of sp³-hybridized carbons (Fsp3) is 0.222. The molecule has 2 heterocycles. The number of urea groups is 1. The Kier molecular flexibility index (Phi) is 4.57. The summed E-state index contributed by atoms with van der Waals surface area (Å²) < 4.78 is 2.01. The molecule has 0 spiro atoms. The summed E-state index contributed by atoms with van der Waals surface area (Å²) in [4.78, 5) is 18.5. The number of nitrogens with one attached hydrogen (secondary N) is 1. The van der Waals surface area contributed by atoms with E-state index in [1.54, 1.807) is 4.90 Å². The van der Waals surface area contributed by atoms with Gasteiger partial charge >= 0.3 is 6.03 Å². The maximum atomic E-state index is 12.4. The Hall–Kier alpha value is -2.82. The van der Waals surface area contributed by atoms with Crippen LogP contribution in [0.25, 0.3) is 5.65 Å². The van der Waals surface area contributed by atoms with Crippen LogP contribution in [0.2, 0.25) is 0 Å². The highest BCUT2D eigenvalue weighted by Gasteiger charge is 2.14. The second-order valence-corrected chi connectivity index (χ2v) is 5.34. The van der Waals surface area contributed by atoms with Crippen molar-refractivity contribution in [1.82, 2.24) is 19.6 Å². The smallest absolute Gasteiger partial charge is 0.318 e. The summed E-state index contributed by atoms with van der Waals surface area (Å²) in [6.07, 6.45) is 3.79. The Morgan fingerprint density at radius 2 is 1.96 bits per heavy atom. The highest BCUT2D eigenvalue weighted by Crippen LogP contribution is 2.09. The van der Waals surface area contributed by atoms with Gasteiger partial charge < -0.3 is 14.6 Å². The van der Waals surface area contributed by atoms with Crippen LogP contribution in [0, 0.1) is 0 Å². The molecule has 0 radical (unpaired) electrons. The molecule has 118 valence electrons. The van der Waals surface area contributed by atoms with Crippen molar-refractivity contribution in [1.29, 1.82) is 0 Å². The molecule has 1 N–H and O–H groups in total. The summed E-state index contributed by atoms with van der Waals surface area (Å²) >= 11 is 0. The van der Waals surface area contributed by atoms with Gasteiger partial charge in [0, 0.05) is 19.3 Å². The van der Waals surface area contributed by atoms with Gasteiger partial charge in [-0.25, -0.2) is 9.78 Å². The predicted molar refractivity (Wildman–Crippen MR) is 90.0 cm³/mol. The lowest BCUT2D eigenvalue weighted by Crippen LogP contribution is -2.39. The minimum Gasteiger partial charge on any atom is -0.334 e. The molecule has 1 aromatic carbocycles. The van der Waals surface area contributed by atoms with Crippen molar-refractivity contribution in [2.24, 2.45) is 0 Å². The van der Waals surface area contributed by atoms with Gasteiger partial charge in [0.25, 0.3) is 0 Å². The Bertz CT molecular complexity index is 782. The fourth-order valence-electron chi connectivity index (χ4n) is 2.51. The summed E-state index contributed by atoms with van der Waals surface area (Å²) in [5.74, 6) is 0. The second kappa shape index (κ2) is 6.96. The van der Waals surface area contributed by atoms with Crippen LogP contribution >= 0.6 is 0 Å². The summed E-state index contributed by atoms with van der Waals surface area (Å²) in [5, 5.41) is 2.97. The van der Waals surface area contributed by atoms with Gasteiger partial charge in [-0.05, 0) is 24.6 Å². The van der Waals surface area contributed by atoms with E-state index in [-0.39, 0.29) is 6.03 Å². The lowest BCUT2D eigenvalue weighted by molar-refractivity contribution is 0.197. The van der Waals surface area contributed by atoms with Crippen LogP contribution in [-0.4, -0.2) is 26.9 Å². The topological polar surface area (TPSA) is 49.6 Å². The molecule has 0 aliphatic heterocycles. The number of carbonyl (C=O) groups excluding carboxylic acids is 1. The Labute approximate surface area is 135 Å². The first-order chi connectivity index (χ1) is 11.3. The van der Waals surface area contributed by atoms with Crippen LogP contribution in [0.15, 0.2) is 60.9 Å². The normalized spacial score (nSPS) is 10.7. The number of aromatic nitrogens is 2. The first-order valence-corrected chi connectivity index (χ1v) is 7.75. The minimum atomic E-state index is -0.0674. The van der Waals surface area contributed by atoms with Gasteiger partial charge in [-0.3, -0.25) is 0 Å². The maximum absolute atomic E-state index is 12.4. The number of fused-ring (bicyclic) bond motifs is 1. The van der Waals surface area contributed by atoms with Crippen molar-refractivity contribution < 1.29 is 4.79 Å². The second-order valence-electron chi connectivity index (χ2n) is 5.34. The number of imidazole rings is 1. The molecule has 3 rings (SSSR count). The van der Waals surface area contributed by atoms with E-state index in [1.165, 1.54) is 0 Å². The van der Waals surface area contributed by atoms with E-state index >= 15 is 0 Å². The molecule has 0 aliphatic rings. The highest BCUT2D eigenvalue weighted by molar-refractivity contribution is 5.74. The van der Waals surface area contributed by atoms with E-state index in [0.29, 0.717) is 19.6 Å². The van der Waals surface area contributed by atoms with Crippen LogP contribution in [-0.2, 0) is 13.1 Å². The van der Waals surface area contributed by atoms with Crippen LogP contribution in [0.1, 0.15) is 18.2 Å². The SMILES string of the molecule is CCN(Cc1cnc2ccccn12)C(=O)NCc1ccccc1. The summed E-state index contributed by atoms with van der Waals surface area (Å²) in [5.41, 5.74) is 2.98. The van der Waals surface area contributed by atoms with Crippen molar-refractivity contribution >= 4 is 11.7 Å².